The van der Waals surface area contributed by atoms with Crippen LogP contribution in [0.5, 0.6) is 5.75 Å². The van der Waals surface area contributed by atoms with Gasteiger partial charge in [-0.1, -0.05) is 11.3 Å². The topological polar surface area (TPSA) is 135 Å². The Morgan fingerprint density at radius 3 is 3.00 bits per heavy atom. The molecule has 0 bridgehead atoms. The number of hydrogen-bond donors (Lipinski definition) is 1. The van der Waals surface area contributed by atoms with Crippen LogP contribution in [0.15, 0.2) is 36.7 Å². The number of nitrogens with two attached hydrogens (primary N) is 1. The lowest BCUT2D eigenvalue weighted by Gasteiger charge is -2.05. The Labute approximate surface area is 148 Å². The van der Waals surface area contributed by atoms with Crippen LogP contribution >= 0.6 is 0 Å². The summed E-state index contributed by atoms with van der Waals surface area (Å²) in [5.41, 5.74) is 7.37. The molecule has 2 N–H and O–H groups in total. The van der Waals surface area contributed by atoms with Gasteiger partial charge in [0.25, 0.3) is 5.69 Å². The Balaban J connectivity index is 1.55. The van der Waals surface area contributed by atoms with Crippen molar-refractivity contribution < 1.29 is 9.66 Å². The van der Waals surface area contributed by atoms with Crippen LogP contribution in [0.1, 0.15) is 17.1 Å². The van der Waals surface area contributed by atoms with E-state index in [0.29, 0.717) is 37.0 Å². The van der Waals surface area contributed by atoms with Crippen LogP contribution in [0, 0.1) is 17.0 Å². The Kier molecular flexibility index (Phi) is 5.02. The van der Waals surface area contributed by atoms with Gasteiger partial charge in [-0.25, -0.2) is 14.6 Å². The first-order valence-corrected chi connectivity index (χ1v) is 7.85. The summed E-state index contributed by atoms with van der Waals surface area (Å²) in [4.78, 5) is 18.5. The zero-order chi connectivity index (χ0) is 18.5. The third-order valence-corrected chi connectivity index (χ3v) is 3.59. The number of rotatable bonds is 7. The van der Waals surface area contributed by atoms with E-state index in [1.807, 2.05) is 0 Å². The zero-order valence-corrected chi connectivity index (χ0v) is 14.1. The van der Waals surface area contributed by atoms with Crippen molar-refractivity contribution in [1.29, 1.82) is 0 Å². The second-order valence-electron chi connectivity index (χ2n) is 5.59. The fraction of sp³-hybridized carbons (Fsp3) is 0.250. The molecule has 0 unspecified atom stereocenters. The molecule has 0 radical (unpaired) electrons. The molecule has 0 aliphatic heterocycles. The van der Waals surface area contributed by atoms with Gasteiger partial charge in [-0.3, -0.25) is 10.1 Å². The number of nitrogens with zero attached hydrogens (tertiary/aromatic N) is 6. The maximum Gasteiger partial charge on any atom is 0.273 e. The summed E-state index contributed by atoms with van der Waals surface area (Å²) in [6.07, 6.45) is 3.98. The van der Waals surface area contributed by atoms with Crippen molar-refractivity contribution in [2.75, 3.05) is 12.3 Å². The van der Waals surface area contributed by atoms with E-state index < -0.39 is 4.92 Å². The van der Waals surface area contributed by atoms with Gasteiger partial charge in [-0.05, 0) is 13.0 Å². The summed E-state index contributed by atoms with van der Waals surface area (Å²) in [5, 5.41) is 18.9. The highest BCUT2D eigenvalue weighted by Gasteiger charge is 2.08. The summed E-state index contributed by atoms with van der Waals surface area (Å²) in [6.45, 7) is 2.52. The van der Waals surface area contributed by atoms with Crippen LogP contribution in [0.25, 0.3) is 0 Å². The molecule has 0 atom stereocenters. The number of benzene rings is 1. The average Bonchev–Trinajstić information content (AvgIpc) is 3.05. The molecule has 3 aromatic rings. The maximum atomic E-state index is 10.8. The van der Waals surface area contributed by atoms with Gasteiger partial charge in [0, 0.05) is 30.4 Å². The Morgan fingerprint density at radius 1 is 1.38 bits per heavy atom. The molecule has 10 heteroatoms. The van der Waals surface area contributed by atoms with E-state index in [4.69, 9.17) is 10.5 Å². The molecule has 0 saturated heterocycles. The van der Waals surface area contributed by atoms with Gasteiger partial charge in [0.15, 0.2) is 0 Å². The van der Waals surface area contributed by atoms with Crippen LogP contribution < -0.4 is 10.5 Å². The third kappa shape index (κ3) is 4.29. The minimum Gasteiger partial charge on any atom is -0.493 e. The number of aryl methyl sites for hydroxylation is 1. The van der Waals surface area contributed by atoms with E-state index in [-0.39, 0.29) is 5.69 Å². The molecule has 134 valence electrons. The lowest BCUT2D eigenvalue weighted by atomic mass is 10.3. The molecule has 0 amide bonds. The summed E-state index contributed by atoms with van der Waals surface area (Å²) < 4.78 is 7.19. The molecular formula is C16H17N7O3. The van der Waals surface area contributed by atoms with Gasteiger partial charge in [0.2, 0.25) is 0 Å². The fourth-order valence-corrected chi connectivity index (χ4v) is 2.30. The number of aromatic nitrogens is 5. The number of nitro groups is 1. The number of nitro benzene ring substituents is 1. The van der Waals surface area contributed by atoms with Crippen molar-refractivity contribution in [2.45, 2.75) is 19.9 Å². The molecule has 3 rings (SSSR count). The summed E-state index contributed by atoms with van der Waals surface area (Å²) >= 11 is 0. The summed E-state index contributed by atoms with van der Waals surface area (Å²) in [6, 6.07) is 6.05. The molecule has 0 spiro atoms. The molecular weight excluding hydrogens is 338 g/mol. The van der Waals surface area contributed by atoms with Crippen molar-refractivity contribution >= 4 is 11.5 Å². The van der Waals surface area contributed by atoms with Crippen molar-refractivity contribution in [3.8, 4) is 5.75 Å². The van der Waals surface area contributed by atoms with Crippen LogP contribution in [0.3, 0.4) is 0 Å². The molecule has 0 fully saturated rings. The molecule has 2 aromatic heterocycles. The van der Waals surface area contributed by atoms with Gasteiger partial charge in [-0.2, -0.15) is 0 Å². The van der Waals surface area contributed by atoms with Crippen molar-refractivity contribution in [3.63, 3.8) is 0 Å². The lowest BCUT2D eigenvalue weighted by Crippen LogP contribution is -2.07. The predicted octanol–water partition coefficient (Wildman–Crippen LogP) is 1.54. The quantitative estimate of drug-likeness (QED) is 0.498. The number of anilines is 1. The number of ether oxygens (including phenoxy) is 1. The first kappa shape index (κ1) is 17.3. The number of nitrogen functional groups attached to an aromatic ring is 1. The van der Waals surface area contributed by atoms with E-state index in [2.05, 4.69) is 20.3 Å². The van der Waals surface area contributed by atoms with E-state index in [1.54, 1.807) is 36.1 Å². The molecule has 0 aliphatic rings. The molecule has 0 saturated carbocycles. The summed E-state index contributed by atoms with van der Waals surface area (Å²) in [5.74, 6) is 1.48. The van der Waals surface area contributed by atoms with Crippen LogP contribution in [0.2, 0.25) is 0 Å². The molecule has 26 heavy (non-hydrogen) atoms. The predicted molar refractivity (Wildman–Crippen MR) is 92.6 cm³/mol. The van der Waals surface area contributed by atoms with Crippen molar-refractivity contribution in [3.05, 3.63) is 63.9 Å². The Bertz CT molecular complexity index is 926. The van der Waals surface area contributed by atoms with E-state index in [9.17, 15) is 10.1 Å². The highest BCUT2D eigenvalue weighted by Crippen LogP contribution is 2.19. The van der Waals surface area contributed by atoms with Gasteiger partial charge >= 0.3 is 0 Å². The van der Waals surface area contributed by atoms with Crippen LogP contribution in [-0.2, 0) is 13.0 Å². The third-order valence-electron chi connectivity index (χ3n) is 3.59. The highest BCUT2D eigenvalue weighted by atomic mass is 16.6. The SMILES string of the molecule is Cc1ncc(Cn2cc(CCOc3cccc([N+](=O)[O-])c3)nn2)c(N)n1. The van der Waals surface area contributed by atoms with Crippen LogP contribution in [-0.4, -0.2) is 36.5 Å². The zero-order valence-electron chi connectivity index (χ0n) is 14.1. The van der Waals surface area contributed by atoms with Crippen molar-refractivity contribution in [2.24, 2.45) is 0 Å². The first-order chi connectivity index (χ1) is 12.5. The lowest BCUT2D eigenvalue weighted by molar-refractivity contribution is -0.384. The highest BCUT2D eigenvalue weighted by molar-refractivity contribution is 5.38. The Hall–Kier alpha value is -3.56. The Morgan fingerprint density at radius 2 is 2.23 bits per heavy atom. The van der Waals surface area contributed by atoms with E-state index in [1.165, 1.54) is 12.1 Å². The van der Waals surface area contributed by atoms with E-state index in [0.717, 1.165) is 11.3 Å². The maximum absolute atomic E-state index is 10.8. The number of non-ortho nitro benzene ring substituents is 1. The number of hydrogen-bond acceptors (Lipinski definition) is 8. The largest absolute Gasteiger partial charge is 0.493 e. The fourth-order valence-electron chi connectivity index (χ4n) is 2.30. The molecule has 10 nitrogen and oxygen atoms in total. The van der Waals surface area contributed by atoms with E-state index >= 15 is 0 Å². The normalized spacial score (nSPS) is 10.7. The summed E-state index contributed by atoms with van der Waals surface area (Å²) in [7, 11) is 0. The van der Waals surface area contributed by atoms with Gasteiger partial charge in [0.05, 0.1) is 29.8 Å². The van der Waals surface area contributed by atoms with Gasteiger partial charge in [-0.15, -0.1) is 5.10 Å². The minimum atomic E-state index is -0.459. The van der Waals surface area contributed by atoms with Gasteiger partial charge < -0.3 is 10.5 Å². The first-order valence-electron chi connectivity index (χ1n) is 7.85. The molecule has 0 aliphatic carbocycles. The average molecular weight is 355 g/mol. The molecule has 2 heterocycles. The monoisotopic (exact) mass is 355 g/mol. The minimum absolute atomic E-state index is 0.00801. The molecule has 1 aromatic carbocycles. The smallest absolute Gasteiger partial charge is 0.273 e. The second-order valence-corrected chi connectivity index (χ2v) is 5.59. The second kappa shape index (κ2) is 7.55. The van der Waals surface area contributed by atoms with Crippen molar-refractivity contribution in [1.82, 2.24) is 25.0 Å². The van der Waals surface area contributed by atoms with Crippen LogP contribution in [0.4, 0.5) is 11.5 Å². The van der Waals surface area contributed by atoms with Gasteiger partial charge in [0.1, 0.15) is 17.4 Å². The standard InChI is InChI=1S/C16H17N7O3/c1-11-18-8-12(16(17)19-11)9-22-10-13(20-21-22)5-6-26-15-4-2-3-14(7-15)23(24)25/h2-4,7-8,10H,5-6,9H2,1H3,(H2,17,18,19).